The summed E-state index contributed by atoms with van der Waals surface area (Å²) in [7, 11) is 0. The zero-order valence-corrected chi connectivity index (χ0v) is 21.0. The summed E-state index contributed by atoms with van der Waals surface area (Å²) < 4.78 is 6.37. The smallest absolute Gasteiger partial charge is 0.306 e. The highest BCUT2D eigenvalue weighted by Gasteiger charge is 2.04. The van der Waals surface area contributed by atoms with E-state index >= 15 is 0 Å². The molecule has 1 aromatic carbocycles. The van der Waals surface area contributed by atoms with Gasteiger partial charge in [0.25, 0.3) is 0 Å². The molecule has 0 aliphatic carbocycles. The van der Waals surface area contributed by atoms with Crippen molar-refractivity contribution < 1.29 is 9.53 Å². The third-order valence-corrected chi connectivity index (χ3v) is 6.27. The Hall–Kier alpha value is -0.830. The lowest BCUT2D eigenvalue weighted by molar-refractivity contribution is -0.145. The summed E-state index contributed by atoms with van der Waals surface area (Å²) in [6.07, 6.45) is 23.6. The van der Waals surface area contributed by atoms with Gasteiger partial charge in [-0.15, -0.1) is 0 Å². The summed E-state index contributed by atoms with van der Waals surface area (Å²) in [5.74, 6) is -0.0732. The lowest BCUT2D eigenvalue weighted by Gasteiger charge is -2.06. The molecule has 2 nitrogen and oxygen atoms in total. The number of hydrogen-bond acceptors (Lipinski definition) is 2. The Morgan fingerprint density at radius 3 is 1.67 bits per heavy atom. The number of ether oxygens (including phenoxy) is 1. The van der Waals surface area contributed by atoms with Gasteiger partial charge in [0.15, 0.2) is 0 Å². The molecule has 0 aliphatic rings. The van der Waals surface area contributed by atoms with Crippen LogP contribution in [0.2, 0.25) is 0 Å². The van der Waals surface area contributed by atoms with Crippen LogP contribution >= 0.6 is 15.9 Å². The molecule has 0 unspecified atom stereocenters. The molecule has 0 amide bonds. The molecule has 0 spiro atoms. The van der Waals surface area contributed by atoms with Gasteiger partial charge in [-0.25, -0.2) is 0 Å². The third kappa shape index (κ3) is 16.9. The van der Waals surface area contributed by atoms with Gasteiger partial charge in [-0.3, -0.25) is 4.79 Å². The van der Waals surface area contributed by atoms with E-state index in [-0.39, 0.29) is 5.97 Å². The lowest BCUT2D eigenvalue weighted by Crippen LogP contribution is -2.04. The SMILES string of the molecule is CCCCCCCCCCCCCCCCCCCC(=O)OCc1cccc(Br)c1. The van der Waals surface area contributed by atoms with Gasteiger partial charge in [-0.1, -0.05) is 138 Å². The van der Waals surface area contributed by atoms with Crippen LogP contribution in [-0.2, 0) is 16.1 Å². The Morgan fingerprint density at radius 2 is 1.20 bits per heavy atom. The number of halogens is 1. The van der Waals surface area contributed by atoms with E-state index in [1.807, 2.05) is 24.3 Å². The van der Waals surface area contributed by atoms with Crippen LogP contribution < -0.4 is 0 Å². The average Bonchev–Trinajstić information content (AvgIpc) is 2.74. The van der Waals surface area contributed by atoms with Crippen LogP contribution in [0, 0.1) is 0 Å². The number of carbonyl (C=O) groups excluding carboxylic acids is 1. The van der Waals surface area contributed by atoms with Gasteiger partial charge in [-0.05, 0) is 24.1 Å². The second-order valence-corrected chi connectivity index (χ2v) is 9.61. The first kappa shape index (κ1) is 27.2. The minimum atomic E-state index is -0.0732. The van der Waals surface area contributed by atoms with Gasteiger partial charge < -0.3 is 4.74 Å². The van der Waals surface area contributed by atoms with Crippen LogP contribution in [0.1, 0.15) is 128 Å². The average molecular weight is 482 g/mol. The zero-order chi connectivity index (χ0) is 21.7. The molecule has 0 bridgehead atoms. The Bertz CT molecular complexity index is 529. The van der Waals surface area contributed by atoms with Crippen molar-refractivity contribution in [1.82, 2.24) is 0 Å². The van der Waals surface area contributed by atoms with Crippen molar-refractivity contribution in [3.05, 3.63) is 34.3 Å². The van der Waals surface area contributed by atoms with Gasteiger partial charge in [0.1, 0.15) is 6.61 Å². The van der Waals surface area contributed by atoms with Crippen molar-refractivity contribution >= 4 is 21.9 Å². The topological polar surface area (TPSA) is 26.3 Å². The molecule has 1 rings (SSSR count). The highest BCUT2D eigenvalue weighted by molar-refractivity contribution is 9.10. The van der Waals surface area contributed by atoms with Crippen LogP contribution in [0.5, 0.6) is 0 Å². The first-order valence-electron chi connectivity index (χ1n) is 12.6. The Kier molecular flexibility index (Phi) is 18.2. The molecule has 0 saturated carbocycles. The highest BCUT2D eigenvalue weighted by Crippen LogP contribution is 2.15. The predicted molar refractivity (Wildman–Crippen MR) is 133 cm³/mol. The van der Waals surface area contributed by atoms with Crippen LogP contribution in [0.3, 0.4) is 0 Å². The standard InChI is InChI=1S/C27H45BrO2/c1-2-3-4-5-6-7-8-9-10-11-12-13-14-15-16-17-18-22-27(29)30-24-25-20-19-21-26(28)23-25/h19-21,23H,2-18,22,24H2,1H3. The number of unbranched alkanes of at least 4 members (excludes halogenated alkanes) is 16. The number of carbonyl (C=O) groups is 1. The Morgan fingerprint density at radius 1 is 0.733 bits per heavy atom. The highest BCUT2D eigenvalue weighted by atomic mass is 79.9. The summed E-state index contributed by atoms with van der Waals surface area (Å²) >= 11 is 3.44. The fourth-order valence-corrected chi connectivity index (χ4v) is 4.30. The van der Waals surface area contributed by atoms with Gasteiger partial charge in [0.2, 0.25) is 0 Å². The molecule has 30 heavy (non-hydrogen) atoms. The summed E-state index contributed by atoms with van der Waals surface area (Å²) in [5.41, 5.74) is 1.03. The van der Waals surface area contributed by atoms with E-state index in [9.17, 15) is 4.79 Å². The van der Waals surface area contributed by atoms with E-state index in [1.165, 1.54) is 96.3 Å². The van der Waals surface area contributed by atoms with Crippen molar-refractivity contribution in [3.8, 4) is 0 Å². The van der Waals surface area contributed by atoms with Gasteiger partial charge >= 0.3 is 5.97 Å². The molecular formula is C27H45BrO2. The minimum absolute atomic E-state index is 0.0732. The largest absolute Gasteiger partial charge is 0.461 e. The van der Waals surface area contributed by atoms with E-state index in [4.69, 9.17) is 4.74 Å². The molecule has 0 fully saturated rings. The van der Waals surface area contributed by atoms with E-state index in [2.05, 4.69) is 22.9 Å². The van der Waals surface area contributed by atoms with Crippen LogP contribution in [0.15, 0.2) is 28.7 Å². The number of esters is 1. The van der Waals surface area contributed by atoms with E-state index in [0.29, 0.717) is 13.0 Å². The molecular weight excluding hydrogens is 436 g/mol. The monoisotopic (exact) mass is 480 g/mol. The molecule has 0 aromatic heterocycles. The van der Waals surface area contributed by atoms with Crippen molar-refractivity contribution in [3.63, 3.8) is 0 Å². The van der Waals surface area contributed by atoms with Gasteiger partial charge in [0.05, 0.1) is 0 Å². The molecule has 0 saturated heterocycles. The van der Waals surface area contributed by atoms with Gasteiger partial charge in [0, 0.05) is 10.9 Å². The summed E-state index contributed by atoms with van der Waals surface area (Å²) in [6, 6.07) is 7.91. The number of hydrogen-bond donors (Lipinski definition) is 0. The van der Waals surface area contributed by atoms with Crippen molar-refractivity contribution in [2.75, 3.05) is 0 Å². The van der Waals surface area contributed by atoms with E-state index in [1.54, 1.807) is 0 Å². The molecule has 0 atom stereocenters. The molecule has 1 aromatic rings. The third-order valence-electron chi connectivity index (χ3n) is 5.77. The second kappa shape index (κ2) is 20.1. The van der Waals surface area contributed by atoms with Crippen LogP contribution in [0.4, 0.5) is 0 Å². The normalized spacial score (nSPS) is 11.0. The number of rotatable bonds is 20. The van der Waals surface area contributed by atoms with Crippen LogP contribution in [0.25, 0.3) is 0 Å². The zero-order valence-electron chi connectivity index (χ0n) is 19.4. The second-order valence-electron chi connectivity index (χ2n) is 8.70. The molecule has 3 heteroatoms. The van der Waals surface area contributed by atoms with Crippen LogP contribution in [-0.4, -0.2) is 5.97 Å². The van der Waals surface area contributed by atoms with Crippen molar-refractivity contribution in [2.45, 2.75) is 129 Å². The summed E-state index contributed by atoms with van der Waals surface area (Å²) in [4.78, 5) is 11.8. The summed E-state index contributed by atoms with van der Waals surface area (Å²) in [6.45, 7) is 2.66. The minimum Gasteiger partial charge on any atom is -0.461 e. The van der Waals surface area contributed by atoms with Gasteiger partial charge in [-0.2, -0.15) is 0 Å². The maximum Gasteiger partial charge on any atom is 0.306 e. The maximum atomic E-state index is 11.8. The lowest BCUT2D eigenvalue weighted by atomic mass is 10.0. The molecule has 172 valence electrons. The van der Waals surface area contributed by atoms with E-state index in [0.717, 1.165) is 22.9 Å². The number of benzene rings is 1. The maximum absolute atomic E-state index is 11.8. The molecule has 0 aliphatic heterocycles. The quantitative estimate of drug-likeness (QED) is 0.137. The van der Waals surface area contributed by atoms with E-state index < -0.39 is 0 Å². The summed E-state index contributed by atoms with van der Waals surface area (Å²) in [5, 5.41) is 0. The fourth-order valence-electron chi connectivity index (χ4n) is 3.86. The van der Waals surface area contributed by atoms with Crippen molar-refractivity contribution in [1.29, 1.82) is 0 Å². The molecule has 0 heterocycles. The Labute approximate surface area is 194 Å². The first-order valence-corrected chi connectivity index (χ1v) is 13.4. The fraction of sp³-hybridized carbons (Fsp3) is 0.741. The first-order chi connectivity index (χ1) is 14.7. The Balaban J connectivity index is 1.77. The molecule has 0 N–H and O–H groups in total. The molecule has 0 radical (unpaired) electrons. The predicted octanol–water partition coefficient (Wildman–Crippen LogP) is 9.53. The van der Waals surface area contributed by atoms with Crippen molar-refractivity contribution in [2.24, 2.45) is 0 Å².